The van der Waals surface area contributed by atoms with Gasteiger partial charge in [0.15, 0.2) is 0 Å². The van der Waals surface area contributed by atoms with Gasteiger partial charge in [0.2, 0.25) is 0 Å². The molecule has 60 valence electrons. The van der Waals surface area contributed by atoms with Crippen LogP contribution < -0.4 is 0 Å². The molecule has 0 rings (SSSR count). The van der Waals surface area contributed by atoms with Crippen LogP contribution in [0.25, 0.3) is 0 Å². The number of ether oxygens (including phenoxy) is 1. The van der Waals surface area contributed by atoms with Crippen LogP contribution in [-0.4, -0.2) is 19.1 Å². The molecule has 0 N–H and O–H groups in total. The monoisotopic (exact) mass is 162 g/mol. The van der Waals surface area contributed by atoms with Gasteiger partial charge in [-0.3, -0.25) is 0 Å². The van der Waals surface area contributed by atoms with Crippen LogP contribution in [0, 0.1) is 0 Å². The van der Waals surface area contributed by atoms with Crippen molar-refractivity contribution in [2.45, 2.75) is 19.3 Å². The Morgan fingerprint density at radius 2 is 2.10 bits per heavy atom. The highest BCUT2D eigenvalue weighted by atomic mass is 35.5. The van der Waals surface area contributed by atoms with Crippen molar-refractivity contribution in [3.63, 3.8) is 0 Å². The van der Waals surface area contributed by atoms with Gasteiger partial charge in [0, 0.05) is 12.5 Å². The maximum absolute atomic E-state index is 5.48. The van der Waals surface area contributed by atoms with Crippen LogP contribution in [0.1, 0.15) is 19.3 Å². The Kier molecular flexibility index (Phi) is 8.98. The van der Waals surface area contributed by atoms with E-state index in [9.17, 15) is 0 Å². The zero-order valence-electron chi connectivity index (χ0n) is 6.31. The van der Waals surface area contributed by atoms with Crippen LogP contribution in [0.15, 0.2) is 12.7 Å². The number of rotatable bonds is 7. The molecule has 0 bridgehead atoms. The molecule has 0 aliphatic rings. The molecule has 0 saturated heterocycles. The lowest BCUT2D eigenvalue weighted by Gasteiger charge is -1.98. The van der Waals surface area contributed by atoms with Gasteiger partial charge in [-0.15, -0.1) is 18.2 Å². The van der Waals surface area contributed by atoms with Gasteiger partial charge >= 0.3 is 0 Å². The topological polar surface area (TPSA) is 9.23 Å². The fourth-order valence-corrected chi connectivity index (χ4v) is 0.831. The molecule has 1 nitrogen and oxygen atoms in total. The number of halogens is 1. The summed E-state index contributed by atoms with van der Waals surface area (Å²) in [5.74, 6) is 0.765. The Morgan fingerprint density at radius 3 is 2.70 bits per heavy atom. The Labute approximate surface area is 68.0 Å². The first-order chi connectivity index (χ1) is 4.91. The summed E-state index contributed by atoms with van der Waals surface area (Å²) < 4.78 is 5.17. The van der Waals surface area contributed by atoms with Gasteiger partial charge in [0.05, 0.1) is 6.61 Å². The summed E-state index contributed by atoms with van der Waals surface area (Å²) in [7, 11) is 0. The van der Waals surface area contributed by atoms with Gasteiger partial charge < -0.3 is 4.74 Å². The summed E-state index contributed by atoms with van der Waals surface area (Å²) in [5.41, 5.74) is 0. The molecule has 0 radical (unpaired) electrons. The predicted molar refractivity (Wildman–Crippen MR) is 45.6 cm³/mol. The van der Waals surface area contributed by atoms with E-state index in [-0.39, 0.29) is 0 Å². The van der Waals surface area contributed by atoms with E-state index in [0.29, 0.717) is 6.61 Å². The van der Waals surface area contributed by atoms with Crippen molar-refractivity contribution in [1.82, 2.24) is 0 Å². The largest absolute Gasteiger partial charge is 0.377 e. The summed E-state index contributed by atoms with van der Waals surface area (Å²) in [4.78, 5) is 0. The van der Waals surface area contributed by atoms with Crippen molar-refractivity contribution in [3.8, 4) is 0 Å². The van der Waals surface area contributed by atoms with Crippen LogP contribution in [0.4, 0.5) is 0 Å². The molecule has 10 heavy (non-hydrogen) atoms. The molecule has 0 saturated carbocycles. The second-order valence-corrected chi connectivity index (χ2v) is 2.49. The maximum Gasteiger partial charge on any atom is 0.0644 e. The molecule has 0 fully saturated rings. The van der Waals surface area contributed by atoms with Crippen molar-refractivity contribution >= 4 is 11.6 Å². The number of alkyl halides is 1. The summed E-state index contributed by atoms with van der Waals surface area (Å²) >= 11 is 5.48. The van der Waals surface area contributed by atoms with Crippen LogP contribution in [0.2, 0.25) is 0 Å². The van der Waals surface area contributed by atoms with Gasteiger partial charge in [-0.2, -0.15) is 0 Å². The van der Waals surface area contributed by atoms with E-state index in [2.05, 4.69) is 6.58 Å². The minimum absolute atomic E-state index is 0.668. The summed E-state index contributed by atoms with van der Waals surface area (Å²) in [6.45, 7) is 5.05. The van der Waals surface area contributed by atoms with Crippen LogP contribution >= 0.6 is 11.6 Å². The molecule has 0 aromatic rings. The fourth-order valence-electron chi connectivity index (χ4n) is 0.642. The normalized spacial score (nSPS) is 9.70. The maximum atomic E-state index is 5.48. The van der Waals surface area contributed by atoms with Gasteiger partial charge in [-0.05, 0) is 19.3 Å². The van der Waals surface area contributed by atoms with Gasteiger partial charge in [-0.1, -0.05) is 6.08 Å². The van der Waals surface area contributed by atoms with Crippen molar-refractivity contribution < 1.29 is 4.74 Å². The average Bonchev–Trinajstić information content (AvgIpc) is 1.97. The van der Waals surface area contributed by atoms with Crippen molar-refractivity contribution in [1.29, 1.82) is 0 Å². The van der Waals surface area contributed by atoms with Gasteiger partial charge in [-0.25, -0.2) is 0 Å². The van der Waals surface area contributed by atoms with Crippen molar-refractivity contribution in [3.05, 3.63) is 12.7 Å². The lowest BCUT2D eigenvalue weighted by Crippen LogP contribution is -1.93. The smallest absolute Gasteiger partial charge is 0.0644 e. The first-order valence-corrected chi connectivity index (χ1v) is 4.20. The Morgan fingerprint density at radius 1 is 1.30 bits per heavy atom. The molecule has 0 heterocycles. The standard InChI is InChI=1S/C8H15ClO/c1-2-7-10-8-5-3-4-6-9/h2H,1,3-8H2. The first-order valence-electron chi connectivity index (χ1n) is 3.66. The molecule has 0 amide bonds. The Hall–Kier alpha value is -0.0100. The average molecular weight is 163 g/mol. The zero-order valence-corrected chi connectivity index (χ0v) is 7.07. The van der Waals surface area contributed by atoms with E-state index in [1.165, 1.54) is 6.42 Å². The predicted octanol–water partition coefficient (Wildman–Crippen LogP) is 2.60. The third-order valence-electron chi connectivity index (χ3n) is 1.16. The second-order valence-electron chi connectivity index (χ2n) is 2.11. The lowest BCUT2D eigenvalue weighted by molar-refractivity contribution is 0.158. The molecule has 0 atom stereocenters. The number of hydrogen-bond donors (Lipinski definition) is 0. The lowest BCUT2D eigenvalue weighted by atomic mass is 10.3. The van der Waals surface area contributed by atoms with Crippen molar-refractivity contribution in [2.75, 3.05) is 19.1 Å². The summed E-state index contributed by atoms with van der Waals surface area (Å²) in [6.07, 6.45) is 5.14. The molecule has 0 aliphatic carbocycles. The summed E-state index contributed by atoms with van der Waals surface area (Å²) in [6, 6.07) is 0. The summed E-state index contributed by atoms with van der Waals surface area (Å²) in [5, 5.41) is 0. The molecular formula is C8H15ClO. The highest BCUT2D eigenvalue weighted by molar-refractivity contribution is 6.17. The molecule has 2 heteroatoms. The minimum Gasteiger partial charge on any atom is -0.377 e. The first kappa shape index (κ1) is 9.99. The van der Waals surface area contributed by atoms with E-state index in [0.717, 1.165) is 25.3 Å². The van der Waals surface area contributed by atoms with Gasteiger partial charge in [0.1, 0.15) is 0 Å². The molecular weight excluding hydrogens is 148 g/mol. The highest BCUT2D eigenvalue weighted by Gasteiger charge is 1.86. The SMILES string of the molecule is C=CCOCCCCCCl. The quantitative estimate of drug-likeness (QED) is 0.318. The van der Waals surface area contributed by atoms with E-state index in [1.54, 1.807) is 6.08 Å². The van der Waals surface area contributed by atoms with E-state index in [1.807, 2.05) is 0 Å². The highest BCUT2D eigenvalue weighted by Crippen LogP contribution is 1.96. The van der Waals surface area contributed by atoms with E-state index < -0.39 is 0 Å². The number of hydrogen-bond acceptors (Lipinski definition) is 1. The Balaban J connectivity index is 2.70. The molecule has 0 aromatic heterocycles. The minimum atomic E-state index is 0.668. The van der Waals surface area contributed by atoms with Gasteiger partial charge in [0.25, 0.3) is 0 Å². The van der Waals surface area contributed by atoms with Crippen molar-refractivity contribution in [2.24, 2.45) is 0 Å². The third kappa shape index (κ3) is 7.99. The molecule has 0 unspecified atom stereocenters. The van der Waals surface area contributed by atoms with E-state index >= 15 is 0 Å². The zero-order chi connectivity index (χ0) is 7.66. The van der Waals surface area contributed by atoms with Crippen LogP contribution in [-0.2, 0) is 4.74 Å². The molecule has 0 aliphatic heterocycles. The third-order valence-corrected chi connectivity index (χ3v) is 1.43. The Bertz CT molecular complexity index is 73.7. The fraction of sp³-hybridized carbons (Fsp3) is 0.750. The van der Waals surface area contributed by atoms with E-state index in [4.69, 9.17) is 16.3 Å². The van der Waals surface area contributed by atoms with Crippen LogP contribution in [0.3, 0.4) is 0 Å². The molecule has 0 spiro atoms. The second kappa shape index (κ2) is 8.99. The number of unbranched alkanes of at least 4 members (excludes halogenated alkanes) is 2. The van der Waals surface area contributed by atoms with Crippen LogP contribution in [0.5, 0.6) is 0 Å². The molecule has 0 aromatic carbocycles.